The summed E-state index contributed by atoms with van der Waals surface area (Å²) in [6.07, 6.45) is 3.97. The number of rotatable bonds is 4. The SMILES string of the molecule is COc1c(N2CCc3sccc3C2)c(F)cc2c(=O)c(C(=O)O)cn(C3CC3)c12.F[B-](F)(F)F. The van der Waals surface area contributed by atoms with E-state index in [0.717, 1.165) is 19.3 Å². The van der Waals surface area contributed by atoms with Crippen molar-refractivity contribution in [1.29, 1.82) is 0 Å². The van der Waals surface area contributed by atoms with Crippen LogP contribution in [0.25, 0.3) is 10.9 Å². The first-order valence-corrected chi connectivity index (χ1v) is 11.2. The second-order valence-corrected chi connectivity index (χ2v) is 8.99. The predicted molar refractivity (Wildman–Crippen MR) is 119 cm³/mol. The van der Waals surface area contributed by atoms with Crippen LogP contribution in [-0.4, -0.2) is 36.6 Å². The zero-order valence-corrected chi connectivity index (χ0v) is 18.7. The zero-order chi connectivity index (χ0) is 24.8. The third-order valence-corrected chi connectivity index (χ3v) is 6.72. The number of benzene rings is 1. The molecule has 5 rings (SSSR count). The number of carboxylic acids is 1. The van der Waals surface area contributed by atoms with E-state index >= 15 is 4.39 Å². The summed E-state index contributed by atoms with van der Waals surface area (Å²) >= 11 is 1.71. The molecule has 2 aliphatic rings. The van der Waals surface area contributed by atoms with Gasteiger partial charge in [0.05, 0.1) is 18.0 Å². The van der Waals surface area contributed by atoms with Crippen molar-refractivity contribution in [3.63, 3.8) is 0 Å². The highest BCUT2D eigenvalue weighted by molar-refractivity contribution is 7.10. The van der Waals surface area contributed by atoms with Crippen molar-refractivity contribution in [2.24, 2.45) is 0 Å². The molecule has 6 nitrogen and oxygen atoms in total. The number of carbonyl (C=O) groups is 1. The molecular formula is C21H19BF5N2O4S-. The van der Waals surface area contributed by atoms with Gasteiger partial charge < -0.3 is 36.6 Å². The molecule has 1 aliphatic carbocycles. The van der Waals surface area contributed by atoms with Gasteiger partial charge in [0.15, 0.2) is 11.6 Å². The summed E-state index contributed by atoms with van der Waals surface area (Å²) in [6, 6.07) is 3.31. The molecule has 1 N–H and O–H groups in total. The second-order valence-electron chi connectivity index (χ2n) is 7.99. The summed E-state index contributed by atoms with van der Waals surface area (Å²) < 4.78 is 61.7. The number of fused-ring (bicyclic) bond motifs is 2. The van der Waals surface area contributed by atoms with E-state index in [1.54, 1.807) is 15.9 Å². The largest absolute Gasteiger partial charge is 0.673 e. The first-order valence-electron chi connectivity index (χ1n) is 10.4. The van der Waals surface area contributed by atoms with Crippen molar-refractivity contribution in [3.05, 3.63) is 55.8 Å². The molecule has 1 aliphatic heterocycles. The van der Waals surface area contributed by atoms with Crippen molar-refractivity contribution >= 4 is 41.2 Å². The highest BCUT2D eigenvalue weighted by Gasteiger charge is 2.32. The molecule has 0 unspecified atom stereocenters. The Hall–Kier alpha value is -3.09. The Balaban J connectivity index is 0.000000499. The molecule has 3 aromatic rings. The molecule has 0 saturated heterocycles. The molecule has 0 amide bonds. The number of hydrogen-bond acceptors (Lipinski definition) is 5. The number of hydrogen-bond donors (Lipinski definition) is 1. The number of carboxylic acid groups (broad SMARTS) is 1. The van der Waals surface area contributed by atoms with Crippen LogP contribution in [-0.2, 0) is 13.0 Å². The Morgan fingerprint density at radius 1 is 1.26 bits per heavy atom. The monoisotopic (exact) mass is 501 g/mol. The number of nitrogens with zero attached hydrogens (tertiary/aromatic N) is 2. The lowest BCUT2D eigenvalue weighted by Gasteiger charge is -2.31. The van der Waals surface area contributed by atoms with E-state index in [2.05, 4.69) is 6.07 Å². The fourth-order valence-corrected chi connectivity index (χ4v) is 5.05. The Morgan fingerprint density at radius 2 is 1.94 bits per heavy atom. The van der Waals surface area contributed by atoms with E-state index in [-0.39, 0.29) is 17.0 Å². The van der Waals surface area contributed by atoms with E-state index in [0.29, 0.717) is 30.0 Å². The summed E-state index contributed by atoms with van der Waals surface area (Å²) in [5.74, 6) is -1.59. The molecule has 0 radical (unpaired) electrons. The number of aromatic carboxylic acids is 1. The summed E-state index contributed by atoms with van der Waals surface area (Å²) in [6.45, 7) is 1.21. The Morgan fingerprint density at radius 3 is 2.53 bits per heavy atom. The maximum absolute atomic E-state index is 15.3. The minimum absolute atomic E-state index is 0.0446. The topological polar surface area (TPSA) is 71.8 Å². The molecule has 13 heteroatoms. The van der Waals surface area contributed by atoms with Gasteiger partial charge in [0.25, 0.3) is 0 Å². The molecule has 0 atom stereocenters. The van der Waals surface area contributed by atoms with Crippen molar-refractivity contribution in [3.8, 4) is 5.75 Å². The van der Waals surface area contributed by atoms with Crippen LogP contribution in [0.2, 0.25) is 0 Å². The maximum atomic E-state index is 15.3. The first-order chi connectivity index (χ1) is 16.0. The first kappa shape index (κ1) is 24.1. The molecule has 1 fully saturated rings. The molecule has 182 valence electrons. The number of aromatic nitrogens is 1. The van der Waals surface area contributed by atoms with Gasteiger partial charge in [0, 0.05) is 30.2 Å². The lowest BCUT2D eigenvalue weighted by atomic mass is 10.0. The van der Waals surface area contributed by atoms with Gasteiger partial charge in [-0.1, -0.05) is 0 Å². The predicted octanol–water partition coefficient (Wildman–Crippen LogP) is 5.11. The summed E-state index contributed by atoms with van der Waals surface area (Å²) in [5.41, 5.74) is 0.932. The Labute approximate surface area is 194 Å². The molecule has 1 saturated carbocycles. The molecular weight excluding hydrogens is 482 g/mol. The number of thiophene rings is 1. The quantitative estimate of drug-likeness (QED) is 0.398. The van der Waals surface area contributed by atoms with Crippen molar-refractivity contribution in [2.45, 2.75) is 31.8 Å². The fraction of sp³-hybridized carbons (Fsp3) is 0.333. The molecule has 1 aromatic carbocycles. The number of methoxy groups -OCH3 is 1. The zero-order valence-electron chi connectivity index (χ0n) is 17.9. The van der Waals surface area contributed by atoms with Crippen LogP contribution >= 0.6 is 11.3 Å². The number of halogens is 5. The minimum Gasteiger partial charge on any atom is -0.492 e. The molecule has 3 heterocycles. The number of pyridine rings is 1. The molecule has 34 heavy (non-hydrogen) atoms. The molecule has 0 spiro atoms. The van der Waals surface area contributed by atoms with Crippen molar-refractivity contribution < 1.29 is 36.3 Å². The van der Waals surface area contributed by atoms with Gasteiger partial charge >= 0.3 is 13.2 Å². The maximum Gasteiger partial charge on any atom is 0.673 e. The highest BCUT2D eigenvalue weighted by Crippen LogP contribution is 2.44. The smallest absolute Gasteiger partial charge is 0.492 e. The van der Waals surface area contributed by atoms with Gasteiger partial charge in [-0.15, -0.1) is 11.3 Å². The van der Waals surface area contributed by atoms with Gasteiger partial charge in [-0.3, -0.25) is 4.79 Å². The Kier molecular flexibility index (Phi) is 6.32. The van der Waals surface area contributed by atoms with Gasteiger partial charge in [-0.05, 0) is 42.3 Å². The van der Waals surface area contributed by atoms with Crippen molar-refractivity contribution in [1.82, 2.24) is 4.57 Å². The van der Waals surface area contributed by atoms with E-state index in [1.165, 1.54) is 29.8 Å². The van der Waals surface area contributed by atoms with Gasteiger partial charge in [0.1, 0.15) is 11.3 Å². The van der Waals surface area contributed by atoms with E-state index in [9.17, 15) is 32.0 Å². The van der Waals surface area contributed by atoms with Crippen LogP contribution < -0.4 is 15.1 Å². The standard InChI is InChI=1S/C21H19FN2O4S.BF4/c1-28-20-17-13(19(25)14(21(26)27)10-24(17)12-2-3-12)8-15(22)18(20)23-6-4-16-11(9-23)5-7-29-16;2-1(3,4)5/h5,7-8,10,12H,2-4,6,9H2,1H3,(H,26,27);/q;-1. The second kappa shape index (κ2) is 8.93. The molecule has 2 aromatic heterocycles. The number of anilines is 1. The lowest BCUT2D eigenvalue weighted by Crippen LogP contribution is -2.31. The van der Waals surface area contributed by atoms with Crippen LogP contribution in [0.15, 0.2) is 28.5 Å². The normalized spacial score (nSPS) is 15.5. The van der Waals surface area contributed by atoms with E-state index in [1.807, 2.05) is 10.3 Å². The van der Waals surface area contributed by atoms with Crippen LogP contribution in [0.4, 0.5) is 27.3 Å². The summed E-state index contributed by atoms with van der Waals surface area (Å²) in [5, 5.41) is 11.5. The van der Waals surface area contributed by atoms with Gasteiger partial charge in [-0.25, -0.2) is 9.18 Å². The van der Waals surface area contributed by atoms with Crippen LogP contribution in [0.5, 0.6) is 5.75 Å². The summed E-state index contributed by atoms with van der Waals surface area (Å²) in [7, 11) is -4.54. The van der Waals surface area contributed by atoms with Gasteiger partial charge in [-0.2, -0.15) is 0 Å². The fourth-order valence-electron chi connectivity index (χ4n) is 4.16. The summed E-state index contributed by atoms with van der Waals surface area (Å²) in [4.78, 5) is 27.6. The van der Waals surface area contributed by atoms with Crippen LogP contribution in [0, 0.1) is 5.82 Å². The van der Waals surface area contributed by atoms with E-state index in [4.69, 9.17) is 4.74 Å². The number of ether oxygens (including phenoxy) is 1. The van der Waals surface area contributed by atoms with Crippen LogP contribution in [0.1, 0.15) is 39.7 Å². The van der Waals surface area contributed by atoms with E-state index < -0.39 is 24.5 Å². The average Bonchev–Trinajstić information content (AvgIpc) is 3.48. The third kappa shape index (κ3) is 4.74. The lowest BCUT2D eigenvalue weighted by molar-refractivity contribution is 0.0694. The third-order valence-electron chi connectivity index (χ3n) is 5.70. The molecule has 0 bridgehead atoms. The van der Waals surface area contributed by atoms with Crippen molar-refractivity contribution in [2.75, 3.05) is 18.6 Å². The van der Waals surface area contributed by atoms with Crippen LogP contribution in [0.3, 0.4) is 0 Å². The van der Waals surface area contributed by atoms with Gasteiger partial charge in [0.2, 0.25) is 5.43 Å². The average molecular weight is 501 g/mol. The Bertz CT molecular complexity index is 1310. The highest BCUT2D eigenvalue weighted by atomic mass is 32.1. The minimum atomic E-state index is -6.00.